The number of nitrogens with zero attached hydrogens (tertiary/aromatic N) is 11. The Hall–Kier alpha value is -3.86. The SMILES string of the molecule is C.CC(C)N(C(C)C)P(OCCC#N)N(C(C)C)C(C)C.CO[C@@H]1[C@H](C)[C@@H](CN2CCCS2(=O)=O)O[C@H]1n1ccc(=O)[nH]c1=O.CO[C@@H]1[C@H](O)[C@@H](CN2CCCS2(=O)=O)O[C@H]1n1ccc(=O)[nH]c1=O.CO[C@@H]1[C@H](OP(OCCC#N)N(C(C)C)C(C)C)[C@@H](CN2CCCS2(=O)=O)O[C@H]1n1ccc(=O)[nH]c1=O.F.N.[2H]CI.[PH2-]. The molecule has 9 rings (SSSR count). The number of hydrogen-bond acceptors (Lipinski definition) is 28. The minimum absolute atomic E-state index is 0. The minimum Gasteiger partial charge on any atom is -0.577 e. The van der Waals surface area contributed by atoms with Gasteiger partial charge in [-0.1, -0.05) is 36.9 Å². The standard InChI is InChI=1S/C22H36N5O8PS.C15H32N3OP.C14H21N3O6S.C13H19N3O7S.CH3I.CH4.FH.H3N.H2P/c1-15(2)27(16(3)4)36(33-12-6-9-23)35-19-17(14-25-10-7-13-37(25,30)31)34-21(20(19)32-5)26-11-8-18(28)24-22(26)29;1-12(2)17(13(3)4)20(19-11-9-10-16)18(14(5)6)15(7)8;1-9-10(8-16-5-3-7-24(16,20)21)23-13(12(9)22-2)17-6-4-11(18)15-14(17)19;1-22-11-10(18)8(7-15-4-2-6-24(15,20)21)23-12(11)16-5-3-9(17)14-13(16)19;1-2;;;;/h8,11,15-17,19-21H,6-7,10,12-14H2,1-5H3,(H,24,28,29);12-15H,9,11H2,1-8H3;4,6,9-10,12-13H,3,5,7-8H2,1-2H3,(H,15,18,19);3,5,8,10-12,18H,2,4,6-7H2,1H3,(H,14,17,19);1H3;1H4;1H;1H3;1H2/q;;;;;;;;-1/t17-,19-,20-,21-,36?;;9-,10-,12-,13-;8-,10-,11-,12-;;;;;/m1.11...../s1/i;;;;1D;;;;. The molecule has 45 heteroatoms. The lowest BCUT2D eigenvalue weighted by molar-refractivity contribution is -0.0555. The molecule has 3 aromatic heterocycles. The number of aliphatic hydroxyl groups excluding tert-OH is 1. The molecule has 3 aromatic rings. The van der Waals surface area contributed by atoms with E-state index in [2.05, 4.69) is 91.8 Å². The fraction of sp³-hybridized carbons (Fsp3) is 0.788. The van der Waals surface area contributed by atoms with Gasteiger partial charge in [-0.15, -0.1) is 0 Å². The second-order valence-corrected chi connectivity index (χ2v) is 36.9. The zero-order valence-corrected chi connectivity index (χ0v) is 73.1. The molecule has 6 saturated heterocycles. The van der Waals surface area contributed by atoms with Crippen molar-refractivity contribution in [3.05, 3.63) is 99.3 Å². The average molecular weight is 1810 g/mol. The van der Waals surface area contributed by atoms with Crippen LogP contribution < -0.4 is 39.9 Å². The molecule has 6 aliphatic rings. The highest BCUT2D eigenvalue weighted by molar-refractivity contribution is 14.1. The number of ether oxygens (including phenoxy) is 6. The molecular formula is C66H121FIN15O22P3S3-. The number of alkyl halides is 1. The zero-order valence-electron chi connectivity index (χ0n) is 66.5. The number of hydrogen-bond donors (Lipinski definition) is 5. The van der Waals surface area contributed by atoms with E-state index < -0.39 is 148 Å². The molecule has 0 amide bonds. The Morgan fingerprint density at radius 1 is 0.559 bits per heavy atom. The molecule has 6 fully saturated rings. The first-order valence-electron chi connectivity index (χ1n) is 36.1. The summed E-state index contributed by atoms with van der Waals surface area (Å²) in [5.41, 5.74) is -3.57. The second kappa shape index (κ2) is 48.7. The molecular weight excluding hydrogens is 1690 g/mol. The van der Waals surface area contributed by atoms with E-state index >= 15 is 0 Å². The first kappa shape index (κ1) is 103. The van der Waals surface area contributed by atoms with E-state index in [1.54, 1.807) is 0 Å². The predicted octanol–water partition coefficient (Wildman–Crippen LogP) is 4.82. The Balaban J connectivity index is 0.000000748. The number of aliphatic hydroxyl groups is 1. The minimum atomic E-state index is -3.44. The van der Waals surface area contributed by atoms with Gasteiger partial charge in [0.15, 0.2) is 27.1 Å². The van der Waals surface area contributed by atoms with Crippen molar-refractivity contribution >= 4 is 79.5 Å². The summed E-state index contributed by atoms with van der Waals surface area (Å²) in [7, 11) is -8.23. The third-order valence-corrected chi connectivity index (χ3v) is 29.0. The van der Waals surface area contributed by atoms with E-state index in [0.29, 0.717) is 81.0 Å². The lowest BCUT2D eigenvalue weighted by Crippen LogP contribution is -2.44. The third kappa shape index (κ3) is 28.2. The van der Waals surface area contributed by atoms with Gasteiger partial charge in [0.2, 0.25) is 30.1 Å². The van der Waals surface area contributed by atoms with Gasteiger partial charge in [-0.3, -0.25) is 47.7 Å². The van der Waals surface area contributed by atoms with Gasteiger partial charge in [-0.2, -0.15) is 23.4 Å². The van der Waals surface area contributed by atoms with Gasteiger partial charge in [-0.25, -0.2) is 53.6 Å². The number of H-pyrrole nitrogens is 3. The van der Waals surface area contributed by atoms with Crippen molar-refractivity contribution < 1.29 is 78.4 Å². The molecule has 640 valence electrons. The lowest BCUT2D eigenvalue weighted by Gasteiger charge is -2.45. The Morgan fingerprint density at radius 2 is 0.874 bits per heavy atom. The maximum absolute atomic E-state index is 12.6. The molecule has 7 N–H and O–H groups in total. The number of sulfonamides is 3. The van der Waals surface area contributed by atoms with Crippen molar-refractivity contribution in [2.45, 2.75) is 233 Å². The number of aromatic amines is 3. The fourth-order valence-corrected chi connectivity index (χ4v) is 22.1. The first-order valence-corrected chi connectivity index (χ1v) is 44.0. The van der Waals surface area contributed by atoms with E-state index in [1.807, 2.05) is 61.9 Å². The van der Waals surface area contributed by atoms with Crippen LogP contribution in [0, 0.1) is 28.6 Å². The van der Waals surface area contributed by atoms with E-state index in [0.717, 1.165) is 10.6 Å². The number of rotatable bonds is 29. The van der Waals surface area contributed by atoms with E-state index in [4.69, 9.17) is 53.9 Å². The molecule has 1 unspecified atom stereocenters. The second-order valence-electron chi connectivity index (χ2n) is 27.5. The maximum atomic E-state index is 12.6. The van der Waals surface area contributed by atoms with Crippen LogP contribution >= 0.6 is 49.5 Å². The van der Waals surface area contributed by atoms with Crippen molar-refractivity contribution in [1.29, 1.82) is 10.5 Å². The summed E-state index contributed by atoms with van der Waals surface area (Å²) in [5, 5.41) is 28.2. The van der Waals surface area contributed by atoms with Crippen LogP contribution in [0.3, 0.4) is 0 Å². The van der Waals surface area contributed by atoms with Crippen LogP contribution in [-0.4, -0.2) is 267 Å². The van der Waals surface area contributed by atoms with E-state index in [9.17, 15) is 59.1 Å². The Morgan fingerprint density at radius 3 is 1.20 bits per heavy atom. The maximum Gasteiger partial charge on any atom is 0.330 e. The molecule has 37 nitrogen and oxygen atoms in total. The van der Waals surface area contributed by atoms with Crippen LogP contribution in [-0.2, 0) is 72.1 Å². The molecule has 13 atom stereocenters. The zero-order chi connectivity index (χ0) is 80.9. The smallest absolute Gasteiger partial charge is 0.330 e. The Bertz CT molecular complexity index is 3960. The topological polar surface area (TPSA) is 472 Å². The molecule has 0 aromatic carbocycles. The molecule has 9 heterocycles. The average Bonchev–Trinajstić information content (AvgIpc) is 1.64. The van der Waals surface area contributed by atoms with Crippen LogP contribution in [0.25, 0.3) is 0 Å². The molecule has 111 heavy (non-hydrogen) atoms. The van der Waals surface area contributed by atoms with Gasteiger partial charge < -0.3 is 63.1 Å². The van der Waals surface area contributed by atoms with Gasteiger partial charge in [0.05, 0.1) is 61.6 Å². The monoisotopic (exact) mass is 1810 g/mol. The first-order chi connectivity index (χ1) is 50.8. The summed E-state index contributed by atoms with van der Waals surface area (Å²) < 4.78 is 147. The Kier molecular flexibility index (Phi) is 45.3. The van der Waals surface area contributed by atoms with Crippen LogP contribution in [0.1, 0.15) is 150 Å². The molecule has 6 aliphatic heterocycles. The normalized spacial score (nSPS) is 25.7. The number of methoxy groups -OCH3 is 3. The van der Waals surface area contributed by atoms with Crippen molar-refractivity contribution in [2.75, 3.05) is 96.0 Å². The summed E-state index contributed by atoms with van der Waals surface area (Å²) in [6.07, 6.45) is -2.58. The fourth-order valence-electron chi connectivity index (χ4n) is 13.4. The highest BCUT2D eigenvalue weighted by Gasteiger charge is 2.52. The predicted molar refractivity (Wildman–Crippen MR) is 435 cm³/mol. The number of nitrogens with one attached hydrogen (secondary N) is 3. The van der Waals surface area contributed by atoms with Crippen molar-refractivity contribution in [3.8, 4) is 12.1 Å². The summed E-state index contributed by atoms with van der Waals surface area (Å²) >= 11 is 1.96. The van der Waals surface area contributed by atoms with Crippen LogP contribution in [0.2, 0.25) is 0 Å². The summed E-state index contributed by atoms with van der Waals surface area (Å²) in [4.78, 5) is 77.5. The van der Waals surface area contributed by atoms with Gasteiger partial charge in [-0.05, 0) is 107 Å². The molecule has 0 bridgehead atoms. The highest BCUT2D eigenvalue weighted by atomic mass is 127. The molecule has 0 aliphatic carbocycles. The van der Waals surface area contributed by atoms with Crippen molar-refractivity contribution in [3.63, 3.8) is 0 Å². The van der Waals surface area contributed by atoms with E-state index in [1.165, 1.54) is 74.1 Å². The summed E-state index contributed by atoms with van der Waals surface area (Å²) in [6.45, 7) is 29.7. The summed E-state index contributed by atoms with van der Waals surface area (Å²) in [6, 6.07) is 9.56. The van der Waals surface area contributed by atoms with Crippen LogP contribution in [0.5, 0.6) is 0 Å². The molecule has 0 spiro atoms. The van der Waals surface area contributed by atoms with Gasteiger partial charge in [0.25, 0.3) is 25.2 Å². The number of aromatic nitrogens is 6. The molecule has 0 saturated carbocycles. The van der Waals surface area contributed by atoms with Gasteiger partial charge >= 0.3 is 17.1 Å². The van der Waals surface area contributed by atoms with Crippen LogP contribution in [0.4, 0.5) is 4.70 Å². The van der Waals surface area contributed by atoms with Crippen molar-refractivity contribution in [1.82, 2.24) is 61.7 Å². The third-order valence-electron chi connectivity index (χ3n) is 18.1. The highest BCUT2D eigenvalue weighted by Crippen LogP contribution is 2.52. The lowest BCUT2D eigenvalue weighted by atomic mass is 10.00. The van der Waals surface area contributed by atoms with Crippen LogP contribution in [0.15, 0.2) is 65.6 Å². The summed E-state index contributed by atoms with van der Waals surface area (Å²) in [5.74, 6) is 0.173. The largest absolute Gasteiger partial charge is 0.577 e. The van der Waals surface area contributed by atoms with E-state index in [-0.39, 0.29) is 96.1 Å². The Labute approximate surface area is 672 Å². The van der Waals surface area contributed by atoms with Gasteiger partial charge in [0, 0.05) is 141 Å². The molecule has 0 radical (unpaired) electrons. The number of nitriles is 2. The van der Waals surface area contributed by atoms with Gasteiger partial charge in [0.1, 0.15) is 42.7 Å². The number of halogens is 2. The quantitative estimate of drug-likeness (QED) is 0.0269. The van der Waals surface area contributed by atoms with Crippen molar-refractivity contribution in [2.24, 2.45) is 5.92 Å².